The van der Waals surface area contributed by atoms with Gasteiger partial charge < -0.3 is 14.8 Å². The molecule has 0 atom stereocenters. The lowest BCUT2D eigenvalue weighted by Crippen LogP contribution is -2.34. The van der Waals surface area contributed by atoms with E-state index >= 15 is 0 Å². The zero-order valence-electron chi connectivity index (χ0n) is 18.9. The highest BCUT2D eigenvalue weighted by Crippen LogP contribution is 2.38. The zero-order valence-corrected chi connectivity index (χ0v) is 20.5. The minimum atomic E-state index is -0.395. The van der Waals surface area contributed by atoms with Gasteiger partial charge in [-0.15, -0.1) is 11.3 Å². The van der Waals surface area contributed by atoms with E-state index in [4.69, 9.17) is 21.7 Å². The fourth-order valence-corrected chi connectivity index (χ4v) is 5.52. The van der Waals surface area contributed by atoms with Gasteiger partial charge in [-0.05, 0) is 61.2 Å². The molecule has 176 valence electrons. The lowest BCUT2D eigenvalue weighted by molar-refractivity contribution is 0.0601. The van der Waals surface area contributed by atoms with Crippen molar-refractivity contribution >= 4 is 45.5 Å². The third kappa shape index (κ3) is 5.63. The molecule has 0 fully saturated rings. The van der Waals surface area contributed by atoms with E-state index in [9.17, 15) is 9.59 Å². The number of amides is 1. The van der Waals surface area contributed by atoms with Gasteiger partial charge in [-0.3, -0.25) is 10.1 Å². The molecule has 1 aliphatic carbocycles. The zero-order chi connectivity index (χ0) is 23.9. The minimum absolute atomic E-state index is 0.118. The Labute approximate surface area is 208 Å². The first-order chi connectivity index (χ1) is 16.6. The van der Waals surface area contributed by atoms with Gasteiger partial charge in [0.1, 0.15) is 10.8 Å². The van der Waals surface area contributed by atoms with Gasteiger partial charge in [-0.1, -0.05) is 42.5 Å². The molecule has 1 heterocycles. The van der Waals surface area contributed by atoms with Gasteiger partial charge in [0.25, 0.3) is 5.91 Å². The molecule has 8 heteroatoms. The van der Waals surface area contributed by atoms with Gasteiger partial charge >= 0.3 is 5.97 Å². The van der Waals surface area contributed by atoms with Crippen molar-refractivity contribution in [2.24, 2.45) is 0 Å². The number of nitrogens with one attached hydrogen (secondary N) is 2. The molecule has 1 amide bonds. The Bertz CT molecular complexity index is 1190. The van der Waals surface area contributed by atoms with Crippen molar-refractivity contribution in [1.29, 1.82) is 0 Å². The number of fused-ring (bicyclic) bond motifs is 1. The molecule has 3 aromatic rings. The first-order valence-corrected chi connectivity index (χ1v) is 12.4. The van der Waals surface area contributed by atoms with Gasteiger partial charge in [-0.25, -0.2) is 4.79 Å². The number of carbonyl (C=O) groups excluding carboxylic acids is 2. The number of thiophene rings is 1. The van der Waals surface area contributed by atoms with E-state index in [1.165, 1.54) is 23.3 Å². The Morgan fingerprint density at radius 1 is 1.03 bits per heavy atom. The number of esters is 1. The fraction of sp³-hybridized carbons (Fsp3) is 0.269. The molecule has 0 bridgehead atoms. The van der Waals surface area contributed by atoms with Gasteiger partial charge in [0.05, 0.1) is 24.8 Å². The molecular weight excluding hydrogens is 468 g/mol. The van der Waals surface area contributed by atoms with E-state index in [2.05, 4.69) is 10.6 Å². The molecule has 0 saturated heterocycles. The smallest absolute Gasteiger partial charge is 0.341 e. The molecule has 4 rings (SSSR count). The summed E-state index contributed by atoms with van der Waals surface area (Å²) in [6, 6.07) is 17.1. The summed E-state index contributed by atoms with van der Waals surface area (Å²) in [6.07, 6.45) is 4.63. The summed E-state index contributed by atoms with van der Waals surface area (Å²) in [5, 5.41) is 6.48. The molecule has 1 aliphatic rings. The number of rotatable bonds is 7. The van der Waals surface area contributed by atoms with E-state index in [1.807, 2.05) is 36.4 Å². The van der Waals surface area contributed by atoms with Crippen LogP contribution in [0.15, 0.2) is 54.6 Å². The number of thiocarbonyl (C=S) groups is 1. The second kappa shape index (κ2) is 11.3. The van der Waals surface area contributed by atoms with Gasteiger partial charge in [0.15, 0.2) is 5.11 Å². The van der Waals surface area contributed by atoms with Crippen molar-refractivity contribution in [3.63, 3.8) is 0 Å². The molecule has 0 radical (unpaired) electrons. The number of aryl methyl sites for hydroxylation is 1. The maximum atomic E-state index is 13.0. The number of carbonyl (C=O) groups is 2. The van der Waals surface area contributed by atoms with E-state index in [1.54, 1.807) is 18.2 Å². The van der Waals surface area contributed by atoms with E-state index in [0.29, 0.717) is 28.5 Å². The van der Waals surface area contributed by atoms with Gasteiger partial charge in [0.2, 0.25) is 0 Å². The van der Waals surface area contributed by atoms with Crippen LogP contribution >= 0.6 is 23.6 Å². The summed E-state index contributed by atoms with van der Waals surface area (Å²) in [4.78, 5) is 26.6. The quantitative estimate of drug-likeness (QED) is 0.349. The number of methoxy groups -OCH3 is 1. The largest absolute Gasteiger partial charge is 0.492 e. The van der Waals surface area contributed by atoms with Crippen LogP contribution in [0.1, 0.15) is 49.6 Å². The summed E-state index contributed by atoms with van der Waals surface area (Å²) < 4.78 is 10.9. The van der Waals surface area contributed by atoms with Crippen molar-refractivity contribution in [2.75, 3.05) is 19.0 Å². The van der Waals surface area contributed by atoms with Crippen molar-refractivity contribution in [2.45, 2.75) is 32.1 Å². The van der Waals surface area contributed by atoms with Gasteiger partial charge in [-0.2, -0.15) is 0 Å². The Kier molecular flexibility index (Phi) is 7.92. The number of hydrogen-bond acceptors (Lipinski definition) is 6. The molecule has 2 N–H and O–H groups in total. The monoisotopic (exact) mass is 494 g/mol. The van der Waals surface area contributed by atoms with Gasteiger partial charge in [0, 0.05) is 11.3 Å². The SMILES string of the molecule is COC(=O)c1c(NC(=S)NC(=O)c2ccccc2OCCc2ccccc2)sc2c1CCCC2. The summed E-state index contributed by atoms with van der Waals surface area (Å²) in [5.74, 6) is -0.289. The molecule has 0 spiro atoms. The fourth-order valence-electron chi connectivity index (χ4n) is 3.98. The normalized spacial score (nSPS) is 12.4. The topological polar surface area (TPSA) is 76.7 Å². The molecule has 2 aromatic carbocycles. The molecule has 0 saturated carbocycles. The molecule has 34 heavy (non-hydrogen) atoms. The Balaban J connectivity index is 1.42. The maximum Gasteiger partial charge on any atom is 0.341 e. The highest BCUT2D eigenvalue weighted by atomic mass is 32.1. The summed E-state index contributed by atoms with van der Waals surface area (Å²) in [7, 11) is 1.37. The molecule has 1 aromatic heterocycles. The van der Waals surface area contributed by atoms with Crippen molar-refractivity contribution in [3.05, 3.63) is 81.7 Å². The average molecular weight is 495 g/mol. The summed E-state index contributed by atoms with van der Waals surface area (Å²) >= 11 is 6.89. The van der Waals surface area contributed by atoms with Crippen LogP contribution in [-0.2, 0) is 24.0 Å². The number of anilines is 1. The Morgan fingerprint density at radius 3 is 2.56 bits per heavy atom. The van der Waals surface area contributed by atoms with Crippen molar-refractivity contribution in [1.82, 2.24) is 5.32 Å². The first kappa shape index (κ1) is 23.9. The predicted octanol–water partition coefficient (Wildman–Crippen LogP) is 5.16. The Morgan fingerprint density at radius 2 is 1.76 bits per heavy atom. The number of para-hydroxylation sites is 1. The number of hydrogen-bond donors (Lipinski definition) is 2. The van der Waals surface area contributed by atoms with Crippen LogP contribution in [0.4, 0.5) is 5.00 Å². The minimum Gasteiger partial charge on any atom is -0.492 e. The molecular formula is C26H26N2O4S2. The predicted molar refractivity (Wildman–Crippen MR) is 138 cm³/mol. The van der Waals surface area contributed by atoms with Crippen LogP contribution in [-0.4, -0.2) is 30.7 Å². The third-order valence-corrected chi connectivity index (χ3v) is 7.05. The number of benzene rings is 2. The number of ether oxygens (including phenoxy) is 2. The Hall–Kier alpha value is -3.23. The third-order valence-electron chi connectivity index (χ3n) is 5.64. The van der Waals surface area contributed by atoms with Crippen LogP contribution in [0, 0.1) is 0 Å². The van der Waals surface area contributed by atoms with E-state index in [0.717, 1.165) is 43.2 Å². The first-order valence-electron chi connectivity index (χ1n) is 11.2. The van der Waals surface area contributed by atoms with Crippen LogP contribution in [0.3, 0.4) is 0 Å². The second-order valence-electron chi connectivity index (χ2n) is 7.90. The van der Waals surface area contributed by atoms with Crippen molar-refractivity contribution in [3.8, 4) is 5.75 Å². The van der Waals surface area contributed by atoms with Crippen LogP contribution in [0.25, 0.3) is 0 Å². The van der Waals surface area contributed by atoms with Crippen LogP contribution in [0.2, 0.25) is 0 Å². The van der Waals surface area contributed by atoms with Crippen LogP contribution in [0.5, 0.6) is 5.75 Å². The lowest BCUT2D eigenvalue weighted by atomic mass is 9.95. The maximum absolute atomic E-state index is 13.0. The standard InChI is InChI=1S/C26H26N2O4S2/c1-31-25(30)22-19-12-6-8-14-21(19)34-24(22)28-26(33)27-23(29)18-11-5-7-13-20(18)32-16-15-17-9-3-2-4-10-17/h2-5,7,9-11,13H,6,8,12,14-16H2,1H3,(H2,27,28,29,33). The van der Waals surface area contributed by atoms with Crippen molar-refractivity contribution < 1.29 is 19.1 Å². The summed E-state index contributed by atoms with van der Waals surface area (Å²) in [6.45, 7) is 0.445. The molecule has 6 nitrogen and oxygen atoms in total. The van der Waals surface area contributed by atoms with E-state index in [-0.39, 0.29) is 11.0 Å². The molecule has 0 unspecified atom stereocenters. The van der Waals surface area contributed by atoms with E-state index < -0.39 is 5.97 Å². The lowest BCUT2D eigenvalue weighted by Gasteiger charge is -2.13. The average Bonchev–Trinajstić information content (AvgIpc) is 3.22. The summed E-state index contributed by atoms with van der Waals surface area (Å²) in [5.41, 5.74) is 3.09. The van der Waals surface area contributed by atoms with Crippen LogP contribution < -0.4 is 15.4 Å². The molecule has 0 aliphatic heterocycles. The highest BCUT2D eigenvalue weighted by Gasteiger charge is 2.26. The second-order valence-corrected chi connectivity index (χ2v) is 9.41. The highest BCUT2D eigenvalue weighted by molar-refractivity contribution is 7.80.